The van der Waals surface area contributed by atoms with E-state index in [-0.39, 0.29) is 5.04 Å². The molecule has 0 unspecified atom stereocenters. The summed E-state index contributed by atoms with van der Waals surface area (Å²) in [6.07, 6.45) is 3.06. The first kappa shape index (κ1) is 28.2. The highest BCUT2D eigenvalue weighted by Crippen LogP contribution is 2.37. The lowest BCUT2D eigenvalue weighted by Gasteiger charge is -2.43. The quantitative estimate of drug-likeness (QED) is 0.211. The summed E-state index contributed by atoms with van der Waals surface area (Å²) in [5, 5.41) is 2.67. The minimum atomic E-state index is -2.46. The summed E-state index contributed by atoms with van der Waals surface area (Å²) >= 11 is 0. The number of hydrogen-bond acceptors (Lipinski definition) is 5. The van der Waals surface area contributed by atoms with Gasteiger partial charge >= 0.3 is 0 Å². The number of unbranched alkanes of at least 4 members (excludes halogenated alkanes) is 2. The third-order valence-electron chi connectivity index (χ3n) is 7.61. The Kier molecular flexibility index (Phi) is 9.53. The van der Waals surface area contributed by atoms with Crippen LogP contribution in [0, 0.1) is 0 Å². The van der Waals surface area contributed by atoms with Crippen molar-refractivity contribution in [2.45, 2.75) is 45.1 Å². The number of rotatable bonds is 11. The fourth-order valence-corrected chi connectivity index (χ4v) is 10.1. The molecule has 204 valence electrons. The van der Waals surface area contributed by atoms with Gasteiger partial charge in [0.25, 0.3) is 8.32 Å². The normalized spacial score (nSPS) is 15.0. The second-order valence-corrected chi connectivity index (χ2v) is 15.7. The molecule has 0 amide bonds. The minimum Gasteiger partial charge on any atom is -0.491 e. The Labute approximate surface area is 230 Å². The molecule has 0 saturated carbocycles. The van der Waals surface area contributed by atoms with E-state index >= 15 is 0 Å². The molecule has 0 radical (unpaired) electrons. The summed E-state index contributed by atoms with van der Waals surface area (Å²) in [7, 11) is -0.287. The van der Waals surface area contributed by atoms with E-state index in [1.165, 1.54) is 10.4 Å². The molecular weight excluding hydrogens is 486 g/mol. The second-order valence-electron chi connectivity index (χ2n) is 11.4. The molecule has 3 aromatic rings. The number of benzene rings is 3. The molecule has 38 heavy (non-hydrogen) atoms. The average Bonchev–Trinajstić information content (AvgIpc) is 2.91. The fourth-order valence-electron chi connectivity index (χ4n) is 5.50. The number of piperazine rings is 1. The molecule has 1 saturated heterocycles. The zero-order chi connectivity index (χ0) is 27.0. The van der Waals surface area contributed by atoms with Crippen molar-refractivity contribution < 1.29 is 9.16 Å². The van der Waals surface area contributed by atoms with Gasteiger partial charge in [-0.3, -0.25) is 0 Å². The third-order valence-corrected chi connectivity index (χ3v) is 12.7. The van der Waals surface area contributed by atoms with Crippen molar-refractivity contribution in [2.24, 2.45) is 0 Å². The van der Waals surface area contributed by atoms with Gasteiger partial charge < -0.3 is 24.7 Å². The average molecular weight is 532 g/mol. The zero-order valence-corrected chi connectivity index (χ0v) is 24.7. The van der Waals surface area contributed by atoms with Gasteiger partial charge in [0, 0.05) is 44.5 Å². The predicted octanol–water partition coefficient (Wildman–Crippen LogP) is 5.15. The number of likely N-dealkylation sites (N-methyl/N-ethyl adjacent to an activating group) is 1. The molecule has 1 aliphatic rings. The van der Waals surface area contributed by atoms with Crippen LogP contribution in [0.4, 0.5) is 11.4 Å². The summed E-state index contributed by atoms with van der Waals surface area (Å²) in [5.74, 6) is 0.901. The maximum absolute atomic E-state index is 7.02. The number of ether oxygens (including phenoxy) is 1. The molecular formula is C32H45N3O2Si. The van der Waals surface area contributed by atoms with Crippen LogP contribution in [0.2, 0.25) is 5.04 Å². The van der Waals surface area contributed by atoms with E-state index in [4.69, 9.17) is 14.9 Å². The van der Waals surface area contributed by atoms with E-state index in [9.17, 15) is 0 Å². The zero-order valence-electron chi connectivity index (χ0n) is 23.7. The second kappa shape index (κ2) is 12.8. The maximum atomic E-state index is 7.02. The lowest BCUT2D eigenvalue weighted by atomic mass is 10.2. The first-order valence-corrected chi connectivity index (χ1v) is 15.9. The van der Waals surface area contributed by atoms with Crippen LogP contribution in [-0.4, -0.2) is 59.7 Å². The lowest BCUT2D eigenvalue weighted by Crippen LogP contribution is -2.66. The molecule has 1 aliphatic heterocycles. The first-order chi connectivity index (χ1) is 18.3. The molecule has 3 aromatic carbocycles. The summed E-state index contributed by atoms with van der Waals surface area (Å²) in [4.78, 5) is 4.77. The molecule has 0 spiro atoms. The SMILES string of the molecule is CN1CCN(c2ccc(N)cc2OCCCCCO[Si](c2ccccc2)(c2ccccc2)C(C)(C)C)CC1. The van der Waals surface area contributed by atoms with Gasteiger partial charge in [-0.1, -0.05) is 81.4 Å². The van der Waals surface area contributed by atoms with Crippen molar-refractivity contribution in [3.8, 4) is 5.75 Å². The van der Waals surface area contributed by atoms with E-state index in [2.05, 4.69) is 104 Å². The highest BCUT2D eigenvalue weighted by Gasteiger charge is 2.49. The highest BCUT2D eigenvalue weighted by molar-refractivity contribution is 6.99. The Morgan fingerprint density at radius 3 is 1.92 bits per heavy atom. The number of nitrogens with zero attached hydrogens (tertiary/aromatic N) is 2. The Morgan fingerprint density at radius 1 is 0.763 bits per heavy atom. The molecule has 0 aromatic heterocycles. The lowest BCUT2D eigenvalue weighted by molar-refractivity contribution is 0.269. The van der Waals surface area contributed by atoms with E-state index in [0.717, 1.165) is 69.2 Å². The Hall–Kier alpha value is -2.80. The molecule has 6 heteroatoms. The summed E-state index contributed by atoms with van der Waals surface area (Å²) in [5.41, 5.74) is 8.00. The topological polar surface area (TPSA) is 51.0 Å². The number of hydrogen-bond donors (Lipinski definition) is 1. The van der Waals surface area contributed by atoms with Crippen molar-refractivity contribution in [1.82, 2.24) is 4.90 Å². The molecule has 2 N–H and O–H groups in total. The van der Waals surface area contributed by atoms with Crippen LogP contribution in [0.3, 0.4) is 0 Å². The van der Waals surface area contributed by atoms with E-state index < -0.39 is 8.32 Å². The Bertz CT molecular complexity index is 1090. The molecule has 5 nitrogen and oxygen atoms in total. The van der Waals surface area contributed by atoms with Gasteiger partial charge in [-0.25, -0.2) is 0 Å². The summed E-state index contributed by atoms with van der Waals surface area (Å²) < 4.78 is 13.3. The van der Waals surface area contributed by atoms with Crippen LogP contribution in [-0.2, 0) is 4.43 Å². The first-order valence-electron chi connectivity index (χ1n) is 14.0. The molecule has 0 atom stereocenters. The van der Waals surface area contributed by atoms with Crippen LogP contribution < -0.4 is 25.7 Å². The monoisotopic (exact) mass is 531 g/mol. The van der Waals surface area contributed by atoms with Gasteiger partial charge in [-0.15, -0.1) is 0 Å². The van der Waals surface area contributed by atoms with Crippen LogP contribution in [0.25, 0.3) is 0 Å². The summed E-state index contributed by atoms with van der Waals surface area (Å²) in [6, 6.07) is 27.8. The van der Waals surface area contributed by atoms with Gasteiger partial charge in [0.1, 0.15) is 5.75 Å². The fraction of sp³-hybridized carbons (Fsp3) is 0.438. The van der Waals surface area contributed by atoms with E-state index in [1.807, 2.05) is 12.1 Å². The molecule has 4 rings (SSSR count). The van der Waals surface area contributed by atoms with Crippen LogP contribution in [0.5, 0.6) is 5.75 Å². The van der Waals surface area contributed by atoms with Gasteiger partial charge in [0.2, 0.25) is 0 Å². The Morgan fingerprint density at radius 2 is 1.34 bits per heavy atom. The van der Waals surface area contributed by atoms with E-state index in [0.29, 0.717) is 6.61 Å². The number of nitrogen functional groups attached to an aromatic ring is 1. The Balaban J connectivity index is 1.35. The van der Waals surface area contributed by atoms with Crippen molar-refractivity contribution in [3.05, 3.63) is 78.9 Å². The van der Waals surface area contributed by atoms with Gasteiger partial charge in [-0.2, -0.15) is 0 Å². The van der Waals surface area contributed by atoms with Crippen LogP contribution >= 0.6 is 0 Å². The highest BCUT2D eigenvalue weighted by atomic mass is 28.4. The molecule has 1 fully saturated rings. The number of anilines is 2. The molecule has 0 aliphatic carbocycles. The maximum Gasteiger partial charge on any atom is 0.261 e. The van der Waals surface area contributed by atoms with Crippen molar-refractivity contribution in [2.75, 3.05) is 57.1 Å². The van der Waals surface area contributed by atoms with E-state index in [1.54, 1.807) is 0 Å². The van der Waals surface area contributed by atoms with Crippen molar-refractivity contribution in [3.63, 3.8) is 0 Å². The van der Waals surface area contributed by atoms with Gasteiger partial charge in [0.05, 0.1) is 12.3 Å². The standard InChI is InChI=1S/C32H45N3O2Si/c1-32(2,3)38(28-14-8-5-9-15-28,29-16-10-6-11-17-29)37-25-13-7-12-24-36-31-26-27(33)18-19-30(31)35-22-20-34(4)21-23-35/h5-6,8-11,14-19,26H,7,12-13,20-25,33H2,1-4H3. The smallest absolute Gasteiger partial charge is 0.261 e. The molecule has 1 heterocycles. The largest absolute Gasteiger partial charge is 0.491 e. The molecule has 0 bridgehead atoms. The van der Waals surface area contributed by atoms with Crippen molar-refractivity contribution >= 4 is 30.1 Å². The predicted molar refractivity (Wildman–Crippen MR) is 163 cm³/mol. The van der Waals surface area contributed by atoms with Crippen LogP contribution in [0.15, 0.2) is 78.9 Å². The number of nitrogens with two attached hydrogens (primary N) is 1. The summed E-state index contributed by atoms with van der Waals surface area (Å²) in [6.45, 7) is 12.6. The third kappa shape index (κ3) is 6.60. The van der Waals surface area contributed by atoms with Gasteiger partial charge in [0.15, 0.2) is 0 Å². The van der Waals surface area contributed by atoms with Crippen molar-refractivity contribution in [1.29, 1.82) is 0 Å². The minimum absolute atomic E-state index is 0.00567. The van der Waals surface area contributed by atoms with Gasteiger partial charge in [-0.05, 0) is 53.9 Å². The van der Waals surface area contributed by atoms with Crippen LogP contribution in [0.1, 0.15) is 40.0 Å².